The summed E-state index contributed by atoms with van der Waals surface area (Å²) in [5.74, 6) is -1.70. The van der Waals surface area contributed by atoms with Gasteiger partial charge in [0.15, 0.2) is 0 Å². The number of carbonyl (C=O) groups is 3. The Bertz CT molecular complexity index is 1200. The van der Waals surface area contributed by atoms with Crippen molar-refractivity contribution in [3.05, 3.63) is 105 Å². The van der Waals surface area contributed by atoms with Crippen LogP contribution in [0.2, 0.25) is 0 Å². The maximum Gasteiger partial charge on any atom is 0.269 e. The Hall–Kier alpha value is -4.33. The van der Waals surface area contributed by atoms with Crippen LogP contribution in [0.1, 0.15) is 31.8 Å². The molecule has 3 amide bonds. The number of rotatable bonds is 6. The molecule has 3 aromatic rings. The molecule has 0 aliphatic carbocycles. The highest BCUT2D eigenvalue weighted by Gasteiger charge is 2.42. The first-order valence-electron chi connectivity index (χ1n) is 9.93. The molecule has 0 bridgehead atoms. The lowest BCUT2D eigenvalue weighted by molar-refractivity contribution is -0.384. The lowest BCUT2D eigenvalue weighted by Crippen LogP contribution is -2.48. The summed E-state index contributed by atoms with van der Waals surface area (Å²) < 4.78 is 0. The Balaban J connectivity index is 1.69. The lowest BCUT2D eigenvalue weighted by Gasteiger charge is -2.25. The van der Waals surface area contributed by atoms with E-state index in [4.69, 9.17) is 0 Å². The standard InChI is InChI=1S/C24H19N3O5/c1-15-9-11-17(12-10-15)25-22(28)21(14-16-5-4-6-18(13-16)27(31)32)26-23(29)19-7-2-3-8-20(19)24(26)30/h2-13,21H,14H2,1H3,(H,25,28). The summed E-state index contributed by atoms with van der Waals surface area (Å²) >= 11 is 0. The number of non-ortho nitro benzene ring substituents is 1. The van der Waals surface area contributed by atoms with Crippen LogP contribution in [0.4, 0.5) is 11.4 Å². The van der Waals surface area contributed by atoms with Gasteiger partial charge in [0.2, 0.25) is 5.91 Å². The van der Waals surface area contributed by atoms with Crippen LogP contribution in [0.15, 0.2) is 72.8 Å². The zero-order chi connectivity index (χ0) is 22.8. The summed E-state index contributed by atoms with van der Waals surface area (Å²) in [7, 11) is 0. The van der Waals surface area contributed by atoms with Gasteiger partial charge in [-0.25, -0.2) is 0 Å². The number of anilines is 1. The van der Waals surface area contributed by atoms with Crippen molar-refractivity contribution >= 4 is 29.1 Å². The molecule has 3 aromatic carbocycles. The molecule has 0 saturated heterocycles. The monoisotopic (exact) mass is 429 g/mol. The second kappa shape index (κ2) is 8.43. The van der Waals surface area contributed by atoms with Gasteiger partial charge in [-0.05, 0) is 36.8 Å². The molecule has 1 aliphatic heterocycles. The molecule has 1 heterocycles. The Labute approximate surface area is 183 Å². The molecule has 8 heteroatoms. The summed E-state index contributed by atoms with van der Waals surface area (Å²) in [6.07, 6.45) is -0.0646. The third-order valence-electron chi connectivity index (χ3n) is 5.31. The van der Waals surface area contributed by atoms with E-state index in [-0.39, 0.29) is 23.2 Å². The highest BCUT2D eigenvalue weighted by atomic mass is 16.6. The first kappa shape index (κ1) is 20.9. The van der Waals surface area contributed by atoms with Crippen LogP contribution in [0.25, 0.3) is 0 Å². The predicted octanol–water partition coefficient (Wildman–Crippen LogP) is 3.75. The molecule has 1 unspecified atom stereocenters. The van der Waals surface area contributed by atoms with Gasteiger partial charge in [0.1, 0.15) is 6.04 Å². The van der Waals surface area contributed by atoms with Crippen molar-refractivity contribution in [3.63, 3.8) is 0 Å². The van der Waals surface area contributed by atoms with Crippen molar-refractivity contribution in [1.29, 1.82) is 0 Å². The molecule has 160 valence electrons. The fraction of sp³-hybridized carbons (Fsp3) is 0.125. The van der Waals surface area contributed by atoms with Gasteiger partial charge in [-0.1, -0.05) is 42.0 Å². The number of carbonyl (C=O) groups excluding carboxylic acids is 3. The largest absolute Gasteiger partial charge is 0.324 e. The SMILES string of the molecule is Cc1ccc(NC(=O)C(Cc2cccc([N+](=O)[O-])c2)N2C(=O)c3ccccc3C2=O)cc1. The Morgan fingerprint density at radius 3 is 2.19 bits per heavy atom. The third-order valence-corrected chi connectivity index (χ3v) is 5.31. The minimum absolute atomic E-state index is 0.0646. The van der Waals surface area contributed by atoms with Crippen molar-refractivity contribution in [2.75, 3.05) is 5.32 Å². The average molecular weight is 429 g/mol. The van der Waals surface area contributed by atoms with Crippen molar-refractivity contribution in [2.24, 2.45) is 0 Å². The first-order chi connectivity index (χ1) is 15.3. The number of nitrogens with zero attached hydrogens (tertiary/aromatic N) is 2. The van der Waals surface area contributed by atoms with Crippen molar-refractivity contribution in [1.82, 2.24) is 4.90 Å². The molecule has 0 saturated carbocycles. The number of nitrogens with one attached hydrogen (secondary N) is 1. The van der Waals surface area contributed by atoms with Crippen molar-refractivity contribution in [3.8, 4) is 0 Å². The van der Waals surface area contributed by atoms with Gasteiger partial charge < -0.3 is 5.32 Å². The average Bonchev–Trinajstić information content (AvgIpc) is 3.04. The first-order valence-corrected chi connectivity index (χ1v) is 9.93. The van der Waals surface area contributed by atoms with Crippen LogP contribution in [0, 0.1) is 17.0 Å². The summed E-state index contributed by atoms with van der Waals surface area (Å²) in [4.78, 5) is 50.9. The molecule has 0 aromatic heterocycles. The second-order valence-electron chi connectivity index (χ2n) is 7.53. The van der Waals surface area contributed by atoms with E-state index >= 15 is 0 Å². The van der Waals surface area contributed by atoms with Crippen molar-refractivity contribution in [2.45, 2.75) is 19.4 Å². The Morgan fingerprint density at radius 1 is 0.969 bits per heavy atom. The minimum atomic E-state index is -1.19. The molecule has 0 spiro atoms. The van der Waals surface area contributed by atoms with Crippen LogP contribution in [0.5, 0.6) is 0 Å². The number of nitro groups is 1. The number of amides is 3. The second-order valence-corrected chi connectivity index (χ2v) is 7.53. The van der Waals surface area contributed by atoms with Gasteiger partial charge in [0.05, 0.1) is 16.1 Å². The van der Waals surface area contributed by atoms with Gasteiger partial charge in [-0.3, -0.25) is 29.4 Å². The van der Waals surface area contributed by atoms with E-state index in [1.54, 1.807) is 30.3 Å². The lowest BCUT2D eigenvalue weighted by atomic mass is 10.0. The number of hydrogen-bond acceptors (Lipinski definition) is 5. The van der Waals surface area contributed by atoms with Crippen LogP contribution in [-0.4, -0.2) is 33.6 Å². The Kier molecular flexibility index (Phi) is 5.51. The fourth-order valence-corrected chi connectivity index (χ4v) is 3.67. The van der Waals surface area contributed by atoms with Crippen LogP contribution in [0.3, 0.4) is 0 Å². The molecule has 1 aliphatic rings. The van der Waals surface area contributed by atoms with E-state index in [0.29, 0.717) is 11.3 Å². The zero-order valence-electron chi connectivity index (χ0n) is 17.1. The normalized spacial score (nSPS) is 13.6. The van der Waals surface area contributed by atoms with E-state index in [1.165, 1.54) is 30.3 Å². The van der Waals surface area contributed by atoms with E-state index in [1.807, 2.05) is 19.1 Å². The molecule has 1 atom stereocenters. The van der Waals surface area contributed by atoms with Crippen LogP contribution < -0.4 is 5.32 Å². The topological polar surface area (TPSA) is 110 Å². The maximum absolute atomic E-state index is 13.3. The predicted molar refractivity (Wildman–Crippen MR) is 117 cm³/mol. The molecule has 32 heavy (non-hydrogen) atoms. The molecule has 4 rings (SSSR count). The summed E-state index contributed by atoms with van der Waals surface area (Å²) in [5.41, 5.74) is 2.30. The van der Waals surface area contributed by atoms with Crippen molar-refractivity contribution < 1.29 is 19.3 Å². The van der Waals surface area contributed by atoms with E-state index in [2.05, 4.69) is 5.32 Å². The van der Waals surface area contributed by atoms with Gasteiger partial charge in [-0.15, -0.1) is 0 Å². The highest BCUT2D eigenvalue weighted by molar-refractivity contribution is 6.23. The smallest absolute Gasteiger partial charge is 0.269 e. The highest BCUT2D eigenvalue weighted by Crippen LogP contribution is 2.27. The minimum Gasteiger partial charge on any atom is -0.324 e. The number of aryl methyl sites for hydroxylation is 1. The van der Waals surface area contributed by atoms with Crippen LogP contribution in [-0.2, 0) is 11.2 Å². The maximum atomic E-state index is 13.3. The summed E-state index contributed by atoms with van der Waals surface area (Å²) in [5, 5.41) is 13.9. The molecule has 0 fully saturated rings. The van der Waals surface area contributed by atoms with E-state index in [9.17, 15) is 24.5 Å². The summed E-state index contributed by atoms with van der Waals surface area (Å²) in [6.45, 7) is 1.91. The fourth-order valence-electron chi connectivity index (χ4n) is 3.67. The third kappa shape index (κ3) is 3.98. The zero-order valence-corrected chi connectivity index (χ0v) is 17.1. The summed E-state index contributed by atoms with van der Waals surface area (Å²) in [6, 6.07) is 18.1. The number of fused-ring (bicyclic) bond motifs is 1. The molecular weight excluding hydrogens is 410 g/mol. The number of benzene rings is 3. The van der Waals surface area contributed by atoms with E-state index in [0.717, 1.165) is 10.5 Å². The number of imide groups is 1. The molecule has 8 nitrogen and oxygen atoms in total. The van der Waals surface area contributed by atoms with E-state index < -0.39 is 28.7 Å². The molecular formula is C24H19N3O5. The van der Waals surface area contributed by atoms with Crippen LogP contribution >= 0.6 is 0 Å². The quantitative estimate of drug-likeness (QED) is 0.365. The van der Waals surface area contributed by atoms with Gasteiger partial charge >= 0.3 is 0 Å². The van der Waals surface area contributed by atoms with Gasteiger partial charge in [0, 0.05) is 24.2 Å². The van der Waals surface area contributed by atoms with Gasteiger partial charge in [0.25, 0.3) is 17.5 Å². The molecule has 0 radical (unpaired) electrons. The Morgan fingerprint density at radius 2 is 1.59 bits per heavy atom. The molecule has 1 N–H and O–H groups in total. The number of nitro benzene ring substituents is 1. The van der Waals surface area contributed by atoms with Gasteiger partial charge in [-0.2, -0.15) is 0 Å². The number of hydrogen-bond donors (Lipinski definition) is 1.